The van der Waals surface area contributed by atoms with Gasteiger partial charge in [-0.1, -0.05) is 6.07 Å². The molecule has 0 spiro atoms. The van der Waals surface area contributed by atoms with Crippen LogP contribution in [0.25, 0.3) is 0 Å². The van der Waals surface area contributed by atoms with Crippen molar-refractivity contribution in [1.29, 1.82) is 0 Å². The fraction of sp³-hybridized carbons (Fsp3) is 0.533. The van der Waals surface area contributed by atoms with Crippen LogP contribution in [0.3, 0.4) is 0 Å². The highest BCUT2D eigenvalue weighted by molar-refractivity contribution is 7.91. The zero-order valence-corrected chi connectivity index (χ0v) is 13.9. The normalized spacial score (nSPS) is 20.1. The molecule has 1 heterocycles. The summed E-state index contributed by atoms with van der Waals surface area (Å²) >= 11 is 0. The van der Waals surface area contributed by atoms with Crippen LogP contribution in [-0.4, -0.2) is 57.5 Å². The van der Waals surface area contributed by atoms with E-state index in [1.54, 1.807) is 25.1 Å². The second kappa shape index (κ2) is 6.66. The number of ether oxygens (including phenoxy) is 1. The van der Waals surface area contributed by atoms with Crippen molar-refractivity contribution in [2.75, 3.05) is 37.5 Å². The van der Waals surface area contributed by atoms with E-state index in [0.717, 1.165) is 5.56 Å². The molecule has 122 valence electrons. The van der Waals surface area contributed by atoms with Crippen LogP contribution in [0, 0.1) is 6.92 Å². The average molecular weight is 326 g/mol. The molecule has 1 aromatic rings. The Labute approximate surface area is 131 Å². The number of aryl methyl sites for hydroxylation is 1. The van der Waals surface area contributed by atoms with Gasteiger partial charge in [-0.15, -0.1) is 0 Å². The number of likely N-dealkylation sites (N-methyl/N-ethyl adjacent to an activating group) is 1. The van der Waals surface area contributed by atoms with Crippen LogP contribution in [0.15, 0.2) is 18.2 Å². The van der Waals surface area contributed by atoms with Crippen molar-refractivity contribution >= 4 is 21.4 Å². The molecule has 0 aliphatic carbocycles. The third-order valence-electron chi connectivity index (χ3n) is 3.85. The van der Waals surface area contributed by atoms with Crippen LogP contribution in [0.2, 0.25) is 0 Å². The zero-order chi connectivity index (χ0) is 16.3. The van der Waals surface area contributed by atoms with Crippen LogP contribution in [-0.2, 0) is 14.6 Å². The molecule has 1 N–H and O–H groups in total. The molecule has 6 nitrogen and oxygen atoms in total. The maximum atomic E-state index is 12.2. The second-order valence-corrected chi connectivity index (χ2v) is 7.95. The smallest absolute Gasteiger partial charge is 0.238 e. The van der Waals surface area contributed by atoms with Gasteiger partial charge >= 0.3 is 0 Å². The molecule has 1 atom stereocenters. The minimum atomic E-state index is -2.94. The molecule has 22 heavy (non-hydrogen) atoms. The molecule has 0 unspecified atom stereocenters. The molecule has 1 aromatic carbocycles. The Balaban J connectivity index is 1.97. The minimum Gasteiger partial charge on any atom is -0.495 e. The summed E-state index contributed by atoms with van der Waals surface area (Å²) in [6.45, 7) is 2.09. The van der Waals surface area contributed by atoms with Crippen molar-refractivity contribution in [1.82, 2.24) is 4.90 Å². The number of amides is 1. The van der Waals surface area contributed by atoms with E-state index in [-0.39, 0.29) is 30.0 Å². The summed E-state index contributed by atoms with van der Waals surface area (Å²) in [6.07, 6.45) is 0.583. The first-order valence-electron chi connectivity index (χ1n) is 7.16. The van der Waals surface area contributed by atoms with Crippen molar-refractivity contribution in [2.45, 2.75) is 19.4 Å². The quantitative estimate of drug-likeness (QED) is 0.876. The summed E-state index contributed by atoms with van der Waals surface area (Å²) < 4.78 is 28.2. The van der Waals surface area contributed by atoms with Gasteiger partial charge in [0.25, 0.3) is 0 Å². The molecule has 0 saturated carbocycles. The predicted molar refractivity (Wildman–Crippen MR) is 86.0 cm³/mol. The summed E-state index contributed by atoms with van der Waals surface area (Å²) in [4.78, 5) is 14.0. The number of nitrogens with zero attached hydrogens (tertiary/aromatic N) is 1. The summed E-state index contributed by atoms with van der Waals surface area (Å²) in [7, 11) is 0.383. The van der Waals surface area contributed by atoms with Crippen LogP contribution in [0.5, 0.6) is 5.75 Å². The standard InChI is InChI=1S/C15H22N2O4S/c1-11-4-5-14(21-3)13(8-11)16-15(18)9-17(2)12-6-7-22(19,20)10-12/h4-5,8,12H,6-7,9-10H2,1-3H3,(H,16,18)/t12-/m1/s1. The Morgan fingerprint density at radius 3 is 2.77 bits per heavy atom. The van der Waals surface area contributed by atoms with Crippen LogP contribution < -0.4 is 10.1 Å². The van der Waals surface area contributed by atoms with Gasteiger partial charge in [0.15, 0.2) is 9.84 Å². The highest BCUT2D eigenvalue weighted by Gasteiger charge is 2.31. The highest BCUT2D eigenvalue weighted by Crippen LogP contribution is 2.25. The first-order valence-corrected chi connectivity index (χ1v) is 8.98. The Morgan fingerprint density at radius 1 is 1.45 bits per heavy atom. The first kappa shape index (κ1) is 16.8. The van der Waals surface area contributed by atoms with E-state index in [1.165, 1.54) is 0 Å². The van der Waals surface area contributed by atoms with E-state index in [9.17, 15) is 13.2 Å². The van der Waals surface area contributed by atoms with Crippen molar-refractivity contribution in [3.8, 4) is 5.75 Å². The van der Waals surface area contributed by atoms with E-state index in [1.807, 2.05) is 19.1 Å². The molecular formula is C15H22N2O4S. The first-order chi connectivity index (χ1) is 10.3. The maximum absolute atomic E-state index is 12.2. The van der Waals surface area contributed by atoms with E-state index >= 15 is 0 Å². The van der Waals surface area contributed by atoms with Crippen molar-refractivity contribution in [3.63, 3.8) is 0 Å². The molecule has 0 bridgehead atoms. The number of benzene rings is 1. The Morgan fingerprint density at radius 2 is 2.18 bits per heavy atom. The van der Waals surface area contributed by atoms with Gasteiger partial charge in [0.05, 0.1) is 30.8 Å². The van der Waals surface area contributed by atoms with E-state index < -0.39 is 9.84 Å². The summed E-state index contributed by atoms with van der Waals surface area (Å²) in [5, 5.41) is 2.82. The van der Waals surface area contributed by atoms with Gasteiger partial charge in [-0.25, -0.2) is 8.42 Å². The van der Waals surface area contributed by atoms with Gasteiger partial charge in [0.1, 0.15) is 5.75 Å². The largest absolute Gasteiger partial charge is 0.495 e. The molecule has 1 aliphatic heterocycles. The lowest BCUT2D eigenvalue weighted by Crippen LogP contribution is -2.38. The number of rotatable bonds is 5. The SMILES string of the molecule is COc1ccc(C)cc1NC(=O)CN(C)[C@@H]1CCS(=O)(=O)C1. The fourth-order valence-corrected chi connectivity index (χ4v) is 4.39. The lowest BCUT2D eigenvalue weighted by molar-refractivity contribution is -0.117. The number of hydrogen-bond donors (Lipinski definition) is 1. The topological polar surface area (TPSA) is 75.7 Å². The molecule has 2 rings (SSSR count). The Bertz CT molecular complexity index is 658. The molecular weight excluding hydrogens is 304 g/mol. The summed E-state index contributed by atoms with van der Waals surface area (Å²) in [5.74, 6) is 0.751. The fourth-order valence-electron chi connectivity index (χ4n) is 2.59. The molecule has 0 aromatic heterocycles. The molecule has 1 aliphatic rings. The molecule has 1 amide bonds. The summed E-state index contributed by atoms with van der Waals surface area (Å²) in [6, 6.07) is 5.47. The number of sulfone groups is 1. The molecule has 1 saturated heterocycles. The van der Waals surface area contributed by atoms with Crippen LogP contribution in [0.1, 0.15) is 12.0 Å². The number of hydrogen-bond acceptors (Lipinski definition) is 5. The Kier molecular flexibility index (Phi) is 5.08. The molecule has 0 radical (unpaired) electrons. The van der Waals surface area contributed by atoms with E-state index in [4.69, 9.17) is 4.74 Å². The third-order valence-corrected chi connectivity index (χ3v) is 5.60. The van der Waals surface area contributed by atoms with E-state index in [2.05, 4.69) is 5.32 Å². The van der Waals surface area contributed by atoms with Gasteiger partial charge in [0, 0.05) is 6.04 Å². The zero-order valence-electron chi connectivity index (χ0n) is 13.1. The Hall–Kier alpha value is -1.60. The molecule has 1 fully saturated rings. The number of anilines is 1. The summed E-state index contributed by atoms with van der Waals surface area (Å²) in [5.41, 5.74) is 1.64. The third kappa shape index (κ3) is 4.20. The van der Waals surface area contributed by atoms with Gasteiger partial charge in [-0.2, -0.15) is 0 Å². The average Bonchev–Trinajstić information content (AvgIpc) is 2.79. The number of nitrogens with one attached hydrogen (secondary N) is 1. The highest BCUT2D eigenvalue weighted by atomic mass is 32.2. The predicted octanol–water partition coefficient (Wildman–Crippen LogP) is 1.06. The lowest BCUT2D eigenvalue weighted by Gasteiger charge is -2.22. The minimum absolute atomic E-state index is 0.0878. The van der Waals surface area contributed by atoms with Crippen molar-refractivity contribution < 1.29 is 17.9 Å². The number of carbonyl (C=O) groups excluding carboxylic acids is 1. The lowest BCUT2D eigenvalue weighted by atomic mass is 10.2. The van der Waals surface area contributed by atoms with Crippen molar-refractivity contribution in [3.05, 3.63) is 23.8 Å². The number of methoxy groups -OCH3 is 1. The molecule has 7 heteroatoms. The van der Waals surface area contributed by atoms with Gasteiger partial charge < -0.3 is 10.1 Å². The van der Waals surface area contributed by atoms with Gasteiger partial charge in [-0.05, 0) is 38.1 Å². The van der Waals surface area contributed by atoms with Gasteiger partial charge in [0.2, 0.25) is 5.91 Å². The second-order valence-electron chi connectivity index (χ2n) is 5.72. The maximum Gasteiger partial charge on any atom is 0.238 e. The van der Waals surface area contributed by atoms with Crippen LogP contribution >= 0.6 is 0 Å². The van der Waals surface area contributed by atoms with Crippen molar-refractivity contribution in [2.24, 2.45) is 0 Å². The van der Waals surface area contributed by atoms with Gasteiger partial charge in [-0.3, -0.25) is 9.69 Å². The van der Waals surface area contributed by atoms with E-state index in [0.29, 0.717) is 17.9 Å². The monoisotopic (exact) mass is 326 g/mol. The van der Waals surface area contributed by atoms with Crippen LogP contribution in [0.4, 0.5) is 5.69 Å². The number of carbonyl (C=O) groups is 1.